The van der Waals surface area contributed by atoms with E-state index in [1.54, 1.807) is 12.1 Å². The van der Waals surface area contributed by atoms with Crippen LogP contribution in [0.5, 0.6) is 28.7 Å². The van der Waals surface area contributed by atoms with Gasteiger partial charge < -0.3 is 33.9 Å². The van der Waals surface area contributed by atoms with Crippen LogP contribution in [-0.2, 0) is 0 Å². The Hall–Kier alpha value is -4.17. The Kier molecular flexibility index (Phi) is 5.07. The molecule has 1 aliphatic rings. The van der Waals surface area contributed by atoms with Crippen LogP contribution in [0.15, 0.2) is 69.9 Å². The number of aromatic hydroxyl groups is 2. The Bertz CT molecular complexity index is 1390. The van der Waals surface area contributed by atoms with Crippen LogP contribution in [-0.4, -0.2) is 35.1 Å². The first-order valence-corrected chi connectivity index (χ1v) is 10.2. The molecule has 1 aromatic heterocycles. The number of fused-ring (bicyclic) bond motifs is 3. The molecule has 168 valence electrons. The van der Waals surface area contributed by atoms with Crippen LogP contribution in [0.25, 0.3) is 22.3 Å². The molecule has 3 N–H and O–H groups in total. The van der Waals surface area contributed by atoms with Crippen LogP contribution in [0.1, 0.15) is 11.7 Å². The normalized spacial score (nSPS) is 17.2. The number of hydrogen-bond acceptors (Lipinski definition) is 8. The maximum atomic E-state index is 13.1. The zero-order chi connectivity index (χ0) is 23.1. The van der Waals surface area contributed by atoms with Gasteiger partial charge in [0.05, 0.1) is 13.7 Å². The van der Waals surface area contributed by atoms with Gasteiger partial charge in [0, 0.05) is 23.3 Å². The van der Waals surface area contributed by atoms with Crippen LogP contribution in [0.2, 0.25) is 0 Å². The lowest BCUT2D eigenvalue weighted by Gasteiger charge is -2.34. The Labute approximate surface area is 187 Å². The quantitative estimate of drug-likeness (QED) is 0.432. The van der Waals surface area contributed by atoms with Crippen LogP contribution in [0.3, 0.4) is 0 Å². The van der Waals surface area contributed by atoms with Crippen LogP contribution in [0, 0.1) is 0 Å². The third-order valence-electron chi connectivity index (χ3n) is 5.53. The number of benzene rings is 3. The standard InChI is InChI=1S/C25H20O8/c1-30-19-9-14(7-8-15(19)27)23-21(12-26)32-24-17(29)11-20-22(25(24)33-23)16(28)10-18(31-20)13-5-3-2-4-6-13/h2-11,21,23,26-27,29H,12H2,1H3/t21-,23-/m1/s1. The van der Waals surface area contributed by atoms with Gasteiger partial charge in [0.25, 0.3) is 0 Å². The number of ether oxygens (including phenoxy) is 3. The molecule has 1 aliphatic heterocycles. The lowest BCUT2D eigenvalue weighted by Crippen LogP contribution is -2.36. The molecule has 0 unspecified atom stereocenters. The number of aliphatic hydroxyl groups excluding tert-OH is 1. The van der Waals surface area contributed by atoms with Crippen molar-refractivity contribution in [3.8, 4) is 40.1 Å². The third-order valence-corrected chi connectivity index (χ3v) is 5.53. The van der Waals surface area contributed by atoms with Crippen molar-refractivity contribution < 1.29 is 33.9 Å². The third kappa shape index (κ3) is 3.50. The summed E-state index contributed by atoms with van der Waals surface area (Å²) in [4.78, 5) is 13.1. The van der Waals surface area contributed by atoms with Crippen LogP contribution < -0.4 is 19.6 Å². The van der Waals surface area contributed by atoms with E-state index < -0.39 is 18.8 Å². The van der Waals surface area contributed by atoms with Crippen molar-refractivity contribution in [2.45, 2.75) is 12.2 Å². The first kappa shape index (κ1) is 20.7. The van der Waals surface area contributed by atoms with Gasteiger partial charge in [-0.15, -0.1) is 0 Å². The highest BCUT2D eigenvalue weighted by Crippen LogP contribution is 2.49. The number of methoxy groups -OCH3 is 1. The van der Waals surface area contributed by atoms with Gasteiger partial charge in [0.15, 0.2) is 40.6 Å². The van der Waals surface area contributed by atoms with Crippen LogP contribution >= 0.6 is 0 Å². The van der Waals surface area contributed by atoms with Crippen molar-refractivity contribution >= 4 is 11.0 Å². The molecule has 8 heteroatoms. The smallest absolute Gasteiger partial charge is 0.204 e. The minimum absolute atomic E-state index is 0.0140. The highest BCUT2D eigenvalue weighted by atomic mass is 16.6. The van der Waals surface area contributed by atoms with Gasteiger partial charge in [0.1, 0.15) is 16.7 Å². The molecule has 5 rings (SSSR count). The van der Waals surface area contributed by atoms with E-state index in [0.29, 0.717) is 16.9 Å². The zero-order valence-corrected chi connectivity index (χ0v) is 17.5. The van der Waals surface area contributed by atoms with Crippen molar-refractivity contribution in [1.82, 2.24) is 0 Å². The van der Waals surface area contributed by atoms with Gasteiger partial charge in [0.2, 0.25) is 5.75 Å². The van der Waals surface area contributed by atoms with Crippen LogP contribution in [0.4, 0.5) is 0 Å². The monoisotopic (exact) mass is 448 g/mol. The predicted molar refractivity (Wildman–Crippen MR) is 119 cm³/mol. The molecule has 0 fully saturated rings. The molecular weight excluding hydrogens is 428 g/mol. The number of aliphatic hydroxyl groups is 1. The fraction of sp³-hybridized carbons (Fsp3) is 0.160. The first-order chi connectivity index (χ1) is 16.0. The Morgan fingerprint density at radius 2 is 1.73 bits per heavy atom. The zero-order valence-electron chi connectivity index (χ0n) is 17.5. The molecule has 0 saturated heterocycles. The second kappa shape index (κ2) is 8.07. The summed E-state index contributed by atoms with van der Waals surface area (Å²) in [5, 5.41) is 30.5. The average molecular weight is 448 g/mol. The lowest BCUT2D eigenvalue weighted by molar-refractivity contribution is -0.0130. The van der Waals surface area contributed by atoms with Crippen molar-refractivity contribution in [3.63, 3.8) is 0 Å². The predicted octanol–water partition coefficient (Wildman–Crippen LogP) is 3.75. The summed E-state index contributed by atoms with van der Waals surface area (Å²) in [7, 11) is 1.41. The molecule has 3 aromatic carbocycles. The number of phenols is 2. The summed E-state index contributed by atoms with van der Waals surface area (Å²) in [5.74, 6) is 0.175. The summed E-state index contributed by atoms with van der Waals surface area (Å²) in [6.07, 6.45) is -1.74. The summed E-state index contributed by atoms with van der Waals surface area (Å²) in [6, 6.07) is 16.4. The van der Waals surface area contributed by atoms with E-state index >= 15 is 0 Å². The van der Waals surface area contributed by atoms with E-state index in [9.17, 15) is 20.1 Å². The van der Waals surface area contributed by atoms with Crippen molar-refractivity contribution in [2.75, 3.05) is 13.7 Å². The molecule has 0 aliphatic carbocycles. The summed E-state index contributed by atoms with van der Waals surface area (Å²) in [6.45, 7) is -0.424. The molecule has 8 nitrogen and oxygen atoms in total. The summed E-state index contributed by atoms with van der Waals surface area (Å²) >= 11 is 0. The Morgan fingerprint density at radius 1 is 0.939 bits per heavy atom. The highest BCUT2D eigenvalue weighted by Gasteiger charge is 2.37. The van der Waals surface area contributed by atoms with E-state index in [-0.39, 0.29) is 45.1 Å². The van der Waals surface area contributed by atoms with Crippen molar-refractivity contribution in [3.05, 3.63) is 76.5 Å². The van der Waals surface area contributed by atoms with Gasteiger partial charge in [-0.2, -0.15) is 0 Å². The van der Waals surface area contributed by atoms with Gasteiger partial charge >= 0.3 is 0 Å². The maximum absolute atomic E-state index is 13.1. The highest BCUT2D eigenvalue weighted by molar-refractivity contribution is 5.90. The number of hydrogen-bond donors (Lipinski definition) is 3. The van der Waals surface area contributed by atoms with Crippen molar-refractivity contribution in [2.24, 2.45) is 0 Å². The fourth-order valence-electron chi connectivity index (χ4n) is 3.93. The number of phenolic OH excluding ortho intramolecular Hbond substituents is 2. The SMILES string of the molecule is COc1cc([C@H]2Oc3c(c(O)cc4oc(-c5ccccc5)cc(=O)c34)O[C@@H]2CO)ccc1O. The van der Waals surface area contributed by atoms with Gasteiger partial charge in [-0.1, -0.05) is 36.4 Å². The van der Waals surface area contributed by atoms with Gasteiger partial charge in [-0.3, -0.25) is 4.79 Å². The largest absolute Gasteiger partial charge is 0.504 e. The second-order valence-electron chi connectivity index (χ2n) is 7.58. The first-order valence-electron chi connectivity index (χ1n) is 10.2. The van der Waals surface area contributed by atoms with Gasteiger partial charge in [-0.05, 0) is 12.1 Å². The van der Waals surface area contributed by atoms with E-state index in [4.69, 9.17) is 18.6 Å². The van der Waals surface area contributed by atoms with Crippen molar-refractivity contribution in [1.29, 1.82) is 0 Å². The number of rotatable bonds is 4. The van der Waals surface area contributed by atoms with E-state index in [1.165, 1.54) is 25.3 Å². The Morgan fingerprint density at radius 3 is 2.45 bits per heavy atom. The minimum atomic E-state index is -0.884. The molecule has 0 spiro atoms. The average Bonchev–Trinajstić information content (AvgIpc) is 2.84. The molecule has 33 heavy (non-hydrogen) atoms. The molecule has 0 amide bonds. The molecule has 2 atom stereocenters. The lowest BCUT2D eigenvalue weighted by atomic mass is 10.0. The molecule has 0 saturated carbocycles. The fourth-order valence-corrected chi connectivity index (χ4v) is 3.93. The van der Waals surface area contributed by atoms with E-state index in [1.807, 2.05) is 30.3 Å². The molecular formula is C25H20O8. The summed E-state index contributed by atoms with van der Waals surface area (Å²) in [5.41, 5.74) is 1.00. The maximum Gasteiger partial charge on any atom is 0.204 e. The molecule has 0 radical (unpaired) electrons. The molecule has 2 heterocycles. The minimum Gasteiger partial charge on any atom is -0.504 e. The topological polar surface area (TPSA) is 119 Å². The molecule has 0 bridgehead atoms. The van der Waals surface area contributed by atoms with E-state index in [0.717, 1.165) is 0 Å². The van der Waals surface area contributed by atoms with Gasteiger partial charge in [-0.25, -0.2) is 0 Å². The molecule has 4 aromatic rings. The Balaban J connectivity index is 1.67. The summed E-state index contributed by atoms with van der Waals surface area (Å²) < 4.78 is 23.1. The second-order valence-corrected chi connectivity index (χ2v) is 7.58. The van der Waals surface area contributed by atoms with E-state index in [2.05, 4.69) is 0 Å².